The largest absolute Gasteiger partial charge is 0.507 e. The molecule has 6 atom stereocenters. The average Bonchev–Trinajstić information content (AvgIpc) is 3.55. The Bertz CT molecular complexity index is 2360. The van der Waals surface area contributed by atoms with Gasteiger partial charge in [0.1, 0.15) is 17.2 Å². The average molecular weight is 822 g/mol. The molecule has 1 aromatic heterocycles. The molecule has 3 aromatic carbocycles. The number of nitrogens with zero attached hydrogens (tertiary/aromatic N) is 3. The van der Waals surface area contributed by atoms with Crippen molar-refractivity contribution in [2.75, 3.05) is 19.6 Å². The summed E-state index contributed by atoms with van der Waals surface area (Å²) in [6.07, 6.45) is -2.41. The third-order valence-electron chi connectivity index (χ3n) is 11.7. The number of hydrogen-bond acceptors (Lipinski definition) is 9. The van der Waals surface area contributed by atoms with E-state index in [0.717, 1.165) is 5.56 Å². The zero-order valence-electron chi connectivity index (χ0n) is 30.2. The number of carbonyl (C=O) groups excluding carboxylic acids is 4. The fraction of sp³-hybridized carbons (Fsp3) is 0.293. The molecule has 0 spiro atoms. The third kappa shape index (κ3) is 5.99. The molecule has 4 amide bonds. The predicted molar refractivity (Wildman–Crippen MR) is 200 cm³/mol. The van der Waals surface area contributed by atoms with Gasteiger partial charge in [0.2, 0.25) is 11.8 Å². The molecular weight excluding hydrogens is 788 g/mol. The number of carbonyl (C=O) groups is 4. The third-order valence-corrected chi connectivity index (χ3v) is 12.2. The Balaban J connectivity index is 1.33. The number of aromatic nitrogens is 1. The second kappa shape index (κ2) is 14.1. The number of phenolic OH excluding ortho intramolecular Hbond substituents is 1. The number of hydrazine groups is 1. The van der Waals surface area contributed by atoms with Crippen LogP contribution in [0.2, 0.25) is 10.0 Å². The van der Waals surface area contributed by atoms with Gasteiger partial charge in [0.15, 0.2) is 5.82 Å². The Morgan fingerprint density at radius 3 is 2.30 bits per heavy atom. The van der Waals surface area contributed by atoms with Crippen LogP contribution >= 0.6 is 23.2 Å². The van der Waals surface area contributed by atoms with Crippen molar-refractivity contribution in [1.29, 1.82) is 0 Å². The number of allylic oxidation sites excluding steroid dienone is 2. The molecule has 16 heteroatoms. The lowest BCUT2D eigenvalue weighted by Crippen LogP contribution is -2.53. The molecule has 8 rings (SSSR count). The van der Waals surface area contributed by atoms with Gasteiger partial charge in [-0.3, -0.25) is 29.5 Å². The molecule has 0 unspecified atom stereocenters. The molecule has 4 aliphatic rings. The van der Waals surface area contributed by atoms with Crippen molar-refractivity contribution in [2.45, 2.75) is 36.9 Å². The first-order valence-corrected chi connectivity index (χ1v) is 18.6. The smallest absolute Gasteiger partial charge is 0.417 e. The van der Waals surface area contributed by atoms with Crippen molar-refractivity contribution < 1.29 is 46.9 Å². The minimum absolute atomic E-state index is 0.0399. The van der Waals surface area contributed by atoms with E-state index in [4.69, 9.17) is 32.7 Å². The maximum Gasteiger partial charge on any atom is 0.417 e. The number of anilines is 1. The van der Waals surface area contributed by atoms with Gasteiger partial charge in [-0.25, -0.2) is 4.98 Å². The van der Waals surface area contributed by atoms with E-state index in [0.29, 0.717) is 33.4 Å². The number of methoxy groups -OCH3 is 2. The van der Waals surface area contributed by atoms with Crippen LogP contribution in [0.4, 0.5) is 19.0 Å². The number of ether oxygens (including phenoxy) is 2. The summed E-state index contributed by atoms with van der Waals surface area (Å²) in [7, 11) is 2.76. The number of phenols is 1. The minimum Gasteiger partial charge on any atom is -0.507 e. The van der Waals surface area contributed by atoms with E-state index in [1.165, 1.54) is 31.3 Å². The first-order valence-electron chi connectivity index (χ1n) is 17.9. The highest BCUT2D eigenvalue weighted by molar-refractivity contribution is 6.33. The van der Waals surface area contributed by atoms with Gasteiger partial charge in [-0.15, -0.1) is 0 Å². The molecule has 0 bridgehead atoms. The number of fused-ring (bicyclic) bond motifs is 4. The standard InChI is InChI=1S/C41H33Cl2F3N4O7/c1-56-24-15-30(51)33(31(16-24)57-2)34-25-12-13-26-32(38(54)49(36(26)52)19-20-6-4-3-5-7-20)27(25)17-28-37(53)50(39(55)40(28,34)21-8-10-23(42)11-9-21)48-35-29(43)14-22(18-47-35)41(44,45)46/h3-12,14-16,18,26-28,32,34,51H,13,17,19H2,1-2H3,(H,47,48)/t26-,27+,28-,32-,34+,40+/m0/s1. The molecule has 2 N–H and O–H groups in total. The summed E-state index contributed by atoms with van der Waals surface area (Å²) in [5.74, 6) is -7.82. The summed E-state index contributed by atoms with van der Waals surface area (Å²) in [6, 6.07) is 18.8. The highest BCUT2D eigenvalue weighted by atomic mass is 35.5. The first kappa shape index (κ1) is 38.3. The molecule has 0 radical (unpaired) electrons. The van der Waals surface area contributed by atoms with Crippen LogP contribution in [0.25, 0.3) is 0 Å². The van der Waals surface area contributed by atoms with E-state index in [1.54, 1.807) is 36.4 Å². The van der Waals surface area contributed by atoms with Crippen LogP contribution in [0.5, 0.6) is 17.2 Å². The SMILES string of the molecule is COc1cc(O)c([C@H]2C3=CC[C@@H]4C(=O)N(Cc5ccccc5)C(=O)[C@@H]4[C@@H]3C[C@H]3C(=O)N(Nc4ncc(C(F)(F)F)cc4Cl)C(=O)[C@@]23c2ccc(Cl)cc2)c(OC)c1. The molecule has 2 saturated heterocycles. The van der Waals surface area contributed by atoms with Crippen LogP contribution in [-0.4, -0.2) is 57.8 Å². The van der Waals surface area contributed by atoms with Crippen LogP contribution in [0, 0.1) is 23.7 Å². The number of halogens is 5. The molecule has 3 fully saturated rings. The monoisotopic (exact) mass is 820 g/mol. The number of amides is 4. The fourth-order valence-electron chi connectivity index (χ4n) is 9.25. The molecule has 3 heterocycles. The van der Waals surface area contributed by atoms with E-state index in [2.05, 4.69) is 10.4 Å². The molecule has 4 aromatic rings. The number of benzene rings is 3. The fourth-order valence-corrected chi connectivity index (χ4v) is 9.58. The summed E-state index contributed by atoms with van der Waals surface area (Å²) in [5, 5.41) is 12.4. The molecule has 294 valence electrons. The van der Waals surface area contributed by atoms with Gasteiger partial charge in [-0.2, -0.15) is 18.2 Å². The summed E-state index contributed by atoms with van der Waals surface area (Å²) in [4.78, 5) is 63.9. The molecule has 11 nitrogen and oxygen atoms in total. The van der Waals surface area contributed by atoms with Gasteiger partial charge in [0.05, 0.1) is 54.5 Å². The van der Waals surface area contributed by atoms with Crippen molar-refractivity contribution in [1.82, 2.24) is 14.9 Å². The minimum atomic E-state index is -4.77. The highest BCUT2D eigenvalue weighted by Crippen LogP contribution is 2.66. The second-order valence-electron chi connectivity index (χ2n) is 14.4. The number of aromatic hydroxyl groups is 1. The lowest BCUT2D eigenvalue weighted by molar-refractivity contribution is -0.142. The van der Waals surface area contributed by atoms with Crippen molar-refractivity contribution in [2.24, 2.45) is 23.7 Å². The quantitative estimate of drug-likeness (QED) is 0.138. The van der Waals surface area contributed by atoms with Crippen molar-refractivity contribution >= 4 is 52.6 Å². The van der Waals surface area contributed by atoms with Crippen LogP contribution in [0.1, 0.15) is 41.0 Å². The van der Waals surface area contributed by atoms with Gasteiger partial charge in [-0.1, -0.05) is 77.3 Å². The Hall–Kier alpha value is -5.60. The van der Waals surface area contributed by atoms with E-state index in [9.17, 15) is 32.7 Å². The van der Waals surface area contributed by atoms with Crippen LogP contribution in [0.3, 0.4) is 0 Å². The topological polar surface area (TPSA) is 138 Å². The normalized spacial score (nSPS) is 25.5. The Morgan fingerprint density at radius 1 is 0.930 bits per heavy atom. The maximum absolute atomic E-state index is 15.4. The number of likely N-dealkylation sites (tertiary alicyclic amines) is 1. The lowest BCUT2D eigenvalue weighted by atomic mass is 9.49. The van der Waals surface area contributed by atoms with Crippen molar-refractivity contribution in [3.8, 4) is 17.2 Å². The van der Waals surface area contributed by atoms with Crippen LogP contribution < -0.4 is 14.9 Å². The van der Waals surface area contributed by atoms with Crippen LogP contribution in [0.15, 0.2) is 90.6 Å². The van der Waals surface area contributed by atoms with E-state index in [1.807, 2.05) is 24.3 Å². The van der Waals surface area contributed by atoms with Gasteiger partial charge >= 0.3 is 6.18 Å². The summed E-state index contributed by atoms with van der Waals surface area (Å²) >= 11 is 12.6. The summed E-state index contributed by atoms with van der Waals surface area (Å²) in [6.45, 7) is 0.0399. The number of pyridine rings is 1. The van der Waals surface area contributed by atoms with E-state index < -0.39 is 75.3 Å². The maximum atomic E-state index is 15.4. The molecule has 2 aliphatic heterocycles. The number of rotatable bonds is 8. The lowest BCUT2D eigenvalue weighted by Gasteiger charge is -2.50. The molecule has 1 saturated carbocycles. The number of imide groups is 2. The van der Waals surface area contributed by atoms with Gasteiger partial charge in [0.25, 0.3) is 11.8 Å². The highest BCUT2D eigenvalue weighted by Gasteiger charge is 2.71. The van der Waals surface area contributed by atoms with Crippen LogP contribution in [-0.2, 0) is 37.3 Å². The van der Waals surface area contributed by atoms with E-state index >= 15 is 4.79 Å². The predicted octanol–water partition coefficient (Wildman–Crippen LogP) is 7.32. The van der Waals surface area contributed by atoms with E-state index in [-0.39, 0.29) is 48.1 Å². The number of hydrogen-bond donors (Lipinski definition) is 2. The molecule has 2 aliphatic carbocycles. The molecular formula is C41H33Cl2F3N4O7. The Labute approximate surface area is 333 Å². The molecule has 57 heavy (non-hydrogen) atoms. The summed E-state index contributed by atoms with van der Waals surface area (Å²) in [5.41, 5.74) is 1.26. The van der Waals surface area contributed by atoms with Crippen molar-refractivity contribution in [3.63, 3.8) is 0 Å². The van der Waals surface area contributed by atoms with Crippen molar-refractivity contribution in [3.05, 3.63) is 123 Å². The number of alkyl halides is 3. The zero-order chi connectivity index (χ0) is 40.6. The Kier molecular flexibility index (Phi) is 9.47. The first-order chi connectivity index (χ1) is 27.2. The van der Waals surface area contributed by atoms with Gasteiger partial charge < -0.3 is 14.6 Å². The van der Waals surface area contributed by atoms with Gasteiger partial charge in [0, 0.05) is 34.8 Å². The summed E-state index contributed by atoms with van der Waals surface area (Å²) < 4.78 is 51.8. The second-order valence-corrected chi connectivity index (χ2v) is 15.3. The number of nitrogens with one attached hydrogen (secondary N) is 1. The van der Waals surface area contributed by atoms with Gasteiger partial charge in [-0.05, 0) is 48.1 Å². The Morgan fingerprint density at radius 2 is 1.65 bits per heavy atom. The zero-order valence-corrected chi connectivity index (χ0v) is 31.7.